The maximum absolute atomic E-state index is 12.7. The molecule has 0 aromatic carbocycles. The third-order valence-corrected chi connectivity index (χ3v) is 6.17. The molecule has 3 aromatic heterocycles. The van der Waals surface area contributed by atoms with Crippen molar-refractivity contribution in [1.29, 1.82) is 0 Å². The maximum Gasteiger partial charge on any atom is 0.267 e. The average Bonchev–Trinajstić information content (AvgIpc) is 3.37. The van der Waals surface area contributed by atoms with E-state index in [0.717, 1.165) is 67.8 Å². The molecule has 1 aliphatic heterocycles. The van der Waals surface area contributed by atoms with Crippen LogP contribution in [0, 0.1) is 0 Å². The molecule has 1 saturated heterocycles. The summed E-state index contributed by atoms with van der Waals surface area (Å²) >= 11 is 0. The molecule has 0 spiro atoms. The van der Waals surface area contributed by atoms with E-state index < -0.39 is 0 Å². The quantitative estimate of drug-likeness (QED) is 0.677. The zero-order valence-corrected chi connectivity index (χ0v) is 17.1. The predicted octanol–water partition coefficient (Wildman–Crippen LogP) is 2.35. The predicted molar refractivity (Wildman–Crippen MR) is 110 cm³/mol. The van der Waals surface area contributed by atoms with Gasteiger partial charge in [0.15, 0.2) is 0 Å². The highest BCUT2D eigenvalue weighted by Crippen LogP contribution is 2.28. The van der Waals surface area contributed by atoms with Crippen molar-refractivity contribution in [3.63, 3.8) is 0 Å². The summed E-state index contributed by atoms with van der Waals surface area (Å²) in [6.07, 6.45) is 7.94. The minimum absolute atomic E-state index is 0.0148. The van der Waals surface area contributed by atoms with Gasteiger partial charge in [-0.3, -0.25) is 4.79 Å². The van der Waals surface area contributed by atoms with Crippen LogP contribution < -0.4 is 10.5 Å². The number of nitrogens with zero attached hydrogens (tertiary/aromatic N) is 7. The van der Waals surface area contributed by atoms with E-state index in [1.807, 2.05) is 4.52 Å². The molecule has 0 bridgehead atoms. The molecule has 0 radical (unpaired) electrons. The third kappa shape index (κ3) is 3.30. The minimum atomic E-state index is 0.0148. The van der Waals surface area contributed by atoms with Crippen molar-refractivity contribution in [2.45, 2.75) is 70.9 Å². The Balaban J connectivity index is 1.49. The number of hydrogen-bond acceptors (Lipinski definition) is 6. The second-order valence-electron chi connectivity index (χ2n) is 8.50. The highest BCUT2D eigenvalue weighted by atomic mass is 16.1. The summed E-state index contributed by atoms with van der Waals surface area (Å²) in [5.41, 5.74) is 3.27. The molecule has 1 atom stereocenters. The Kier molecular flexibility index (Phi) is 4.56. The lowest BCUT2D eigenvalue weighted by atomic mass is 9.97. The second kappa shape index (κ2) is 7.24. The number of hydrogen-bond donors (Lipinski definition) is 0. The standard InChI is InChI=1S/C21H27N7O/c1-14(2)18-11-19(28-21(24-18)22-13-23-28)26-9-5-7-16(26)12-27-20(29)10-15-6-3-4-8-17(15)25-27/h10-11,13-14,16H,3-9,12H2,1-2H3. The van der Waals surface area contributed by atoms with Gasteiger partial charge in [0.05, 0.1) is 24.0 Å². The molecule has 2 aliphatic rings. The fourth-order valence-corrected chi connectivity index (χ4v) is 4.57. The molecule has 1 fully saturated rings. The zero-order chi connectivity index (χ0) is 20.0. The Bertz CT molecular complexity index is 1100. The molecule has 8 nitrogen and oxygen atoms in total. The monoisotopic (exact) mass is 393 g/mol. The van der Waals surface area contributed by atoms with Gasteiger partial charge in [0, 0.05) is 18.7 Å². The minimum Gasteiger partial charge on any atom is -0.352 e. The van der Waals surface area contributed by atoms with E-state index in [0.29, 0.717) is 18.2 Å². The van der Waals surface area contributed by atoms with Crippen molar-refractivity contribution in [2.75, 3.05) is 11.4 Å². The first-order valence-corrected chi connectivity index (χ1v) is 10.7. The smallest absolute Gasteiger partial charge is 0.267 e. The van der Waals surface area contributed by atoms with Crippen LogP contribution in [0.3, 0.4) is 0 Å². The molecule has 0 amide bonds. The Labute approximate surface area is 169 Å². The summed E-state index contributed by atoms with van der Waals surface area (Å²) in [6.45, 7) is 5.80. The fraction of sp³-hybridized carbons (Fsp3) is 0.571. The highest BCUT2D eigenvalue weighted by molar-refractivity contribution is 5.49. The molecule has 29 heavy (non-hydrogen) atoms. The first-order chi connectivity index (χ1) is 14.1. The Morgan fingerprint density at radius 3 is 2.90 bits per heavy atom. The molecule has 5 rings (SSSR count). The number of anilines is 1. The molecular weight excluding hydrogens is 366 g/mol. The molecule has 0 N–H and O–H groups in total. The van der Waals surface area contributed by atoms with Gasteiger partial charge in [-0.05, 0) is 50.0 Å². The molecule has 1 aliphatic carbocycles. The van der Waals surface area contributed by atoms with Crippen LogP contribution in [-0.4, -0.2) is 41.9 Å². The lowest BCUT2D eigenvalue weighted by Gasteiger charge is -2.28. The molecule has 0 saturated carbocycles. The van der Waals surface area contributed by atoms with Gasteiger partial charge in [-0.15, -0.1) is 0 Å². The van der Waals surface area contributed by atoms with Crippen LogP contribution in [0.5, 0.6) is 0 Å². The van der Waals surface area contributed by atoms with Gasteiger partial charge < -0.3 is 4.90 Å². The van der Waals surface area contributed by atoms with Gasteiger partial charge in [-0.2, -0.15) is 19.7 Å². The third-order valence-electron chi connectivity index (χ3n) is 6.17. The Morgan fingerprint density at radius 1 is 1.17 bits per heavy atom. The molecular formula is C21H27N7O. The molecule has 8 heteroatoms. The van der Waals surface area contributed by atoms with Crippen LogP contribution in [0.25, 0.3) is 5.78 Å². The Morgan fingerprint density at radius 2 is 2.03 bits per heavy atom. The summed E-state index contributed by atoms with van der Waals surface area (Å²) in [4.78, 5) is 24.0. The van der Waals surface area contributed by atoms with Gasteiger partial charge in [0.1, 0.15) is 12.1 Å². The van der Waals surface area contributed by atoms with Crippen molar-refractivity contribution in [1.82, 2.24) is 29.4 Å². The Hall–Kier alpha value is -2.77. The van der Waals surface area contributed by atoms with E-state index in [-0.39, 0.29) is 11.6 Å². The van der Waals surface area contributed by atoms with E-state index in [1.54, 1.807) is 17.1 Å². The fourth-order valence-electron chi connectivity index (χ4n) is 4.57. The summed E-state index contributed by atoms with van der Waals surface area (Å²) < 4.78 is 3.49. The van der Waals surface area contributed by atoms with Crippen molar-refractivity contribution in [2.24, 2.45) is 0 Å². The van der Waals surface area contributed by atoms with Gasteiger partial charge in [-0.1, -0.05) is 13.8 Å². The van der Waals surface area contributed by atoms with Crippen molar-refractivity contribution >= 4 is 11.6 Å². The van der Waals surface area contributed by atoms with Gasteiger partial charge in [-0.25, -0.2) is 9.67 Å². The van der Waals surface area contributed by atoms with Crippen molar-refractivity contribution < 1.29 is 0 Å². The highest BCUT2D eigenvalue weighted by Gasteiger charge is 2.29. The largest absolute Gasteiger partial charge is 0.352 e. The lowest BCUT2D eigenvalue weighted by molar-refractivity contribution is 0.470. The SMILES string of the molecule is CC(C)c1cc(N2CCCC2Cn2nc3c(cc2=O)CCCC3)n2ncnc2n1. The van der Waals surface area contributed by atoms with E-state index in [9.17, 15) is 4.79 Å². The summed E-state index contributed by atoms with van der Waals surface area (Å²) in [5, 5.41) is 9.13. The van der Waals surface area contributed by atoms with E-state index in [1.165, 1.54) is 0 Å². The first kappa shape index (κ1) is 18.3. The van der Waals surface area contributed by atoms with Crippen LogP contribution in [0.2, 0.25) is 0 Å². The molecule has 4 heterocycles. The van der Waals surface area contributed by atoms with Gasteiger partial charge in [0.2, 0.25) is 0 Å². The van der Waals surface area contributed by atoms with Crippen molar-refractivity contribution in [3.8, 4) is 0 Å². The van der Waals surface area contributed by atoms with E-state index >= 15 is 0 Å². The van der Waals surface area contributed by atoms with Crippen molar-refractivity contribution in [3.05, 3.63) is 45.8 Å². The van der Waals surface area contributed by atoms with E-state index in [2.05, 4.69) is 39.9 Å². The summed E-state index contributed by atoms with van der Waals surface area (Å²) in [6, 6.07) is 4.13. The average molecular weight is 393 g/mol. The topological polar surface area (TPSA) is 81.2 Å². The number of aromatic nitrogens is 6. The summed E-state index contributed by atoms with van der Waals surface area (Å²) in [7, 11) is 0. The van der Waals surface area contributed by atoms with Crippen LogP contribution in [-0.2, 0) is 19.4 Å². The normalized spacial score (nSPS) is 19.3. The maximum atomic E-state index is 12.7. The van der Waals surface area contributed by atoms with Crippen LogP contribution in [0.1, 0.15) is 62.4 Å². The molecule has 152 valence electrons. The van der Waals surface area contributed by atoms with Crippen LogP contribution in [0.15, 0.2) is 23.3 Å². The first-order valence-electron chi connectivity index (χ1n) is 10.7. The number of fused-ring (bicyclic) bond motifs is 2. The van der Waals surface area contributed by atoms with Gasteiger partial charge >= 0.3 is 0 Å². The zero-order valence-electron chi connectivity index (χ0n) is 17.1. The lowest BCUT2D eigenvalue weighted by Crippen LogP contribution is -2.38. The second-order valence-corrected chi connectivity index (χ2v) is 8.50. The van der Waals surface area contributed by atoms with Crippen LogP contribution in [0.4, 0.5) is 5.82 Å². The number of aryl methyl sites for hydroxylation is 2. The summed E-state index contributed by atoms with van der Waals surface area (Å²) in [5.74, 6) is 1.94. The van der Waals surface area contributed by atoms with E-state index in [4.69, 9.17) is 5.10 Å². The molecule has 3 aromatic rings. The van der Waals surface area contributed by atoms with Crippen LogP contribution >= 0.6 is 0 Å². The van der Waals surface area contributed by atoms with Gasteiger partial charge in [0.25, 0.3) is 11.3 Å². The molecule has 1 unspecified atom stereocenters. The number of rotatable bonds is 4.